The van der Waals surface area contributed by atoms with Gasteiger partial charge in [0.25, 0.3) is 0 Å². The predicted molar refractivity (Wildman–Crippen MR) is 490 cm³/mol. The third-order valence-electron chi connectivity index (χ3n) is 33.1. The Morgan fingerprint density at radius 2 is 0.552 bits per heavy atom. The Labute approximate surface area is 719 Å². The second-order valence-corrected chi connectivity index (χ2v) is 41.7. The van der Waals surface area contributed by atoms with E-state index >= 15 is 0 Å². The topological polar surface area (TPSA) is 99.8 Å². The first kappa shape index (κ1) is 102. The van der Waals surface area contributed by atoms with Crippen LogP contribution in [0.1, 0.15) is 285 Å². The quantitative estimate of drug-likeness (QED) is 0.207. The number of hydrogen-bond acceptors (Lipinski definition) is 16. The minimum Gasteiger partial charge on any atom is -0.383 e. The number of nitrogens with zero attached hydrogens (tertiary/aromatic N) is 8. The van der Waals surface area contributed by atoms with Gasteiger partial charge in [0.05, 0.1) is 49.8 Å². The van der Waals surface area contributed by atoms with Crippen molar-refractivity contribution in [2.75, 3.05) is 218 Å². The molecule has 0 amide bonds. The maximum Gasteiger partial charge on any atom is 0.0726 e. The largest absolute Gasteiger partial charge is 0.383 e. The Balaban J connectivity index is 0.000000183. The van der Waals surface area contributed by atoms with E-state index in [1.165, 1.54) is 355 Å². The fourth-order valence-electron chi connectivity index (χ4n) is 25.7. The average Bonchev–Trinajstić information content (AvgIpc) is 1.75. The van der Waals surface area contributed by atoms with Gasteiger partial charge in [0.2, 0.25) is 0 Å². The van der Waals surface area contributed by atoms with E-state index < -0.39 is 0 Å². The Morgan fingerprint density at radius 1 is 0.216 bits per heavy atom. The van der Waals surface area contributed by atoms with E-state index in [4.69, 9.17) is 37.9 Å². The lowest BCUT2D eigenvalue weighted by Gasteiger charge is -2.36. The number of ether oxygens (including phenoxy) is 8. The summed E-state index contributed by atoms with van der Waals surface area (Å²) in [5.41, 5.74) is 0. The Kier molecular flexibility index (Phi) is 49.8. The molecule has 0 aromatic carbocycles. The smallest absolute Gasteiger partial charge is 0.0726 e. The summed E-state index contributed by atoms with van der Waals surface area (Å²) in [5.74, 6) is 14.4. The SMILES string of the molecule is C.C.COC1CC2CCC(C1)CN(C)CC2.COC1CC2CCCC1CCN(C)C2.COC1CC2CCCC1CN(C)CC2.COC1CCC2CCC1CCN(C)C2.COC1CCC2CCC1CN(C)CC2.COC1CN(C)CC2CCCC1CC2.COCC1C2CCCC(CC2)CCN1C.COCC1CC2CCCC(CC2)CN1C. The van der Waals surface area contributed by atoms with Gasteiger partial charge in [-0.1, -0.05) is 79.1 Å². The van der Waals surface area contributed by atoms with Gasteiger partial charge in [-0.25, -0.2) is 0 Å². The number of fused-ring (bicyclic) bond motifs is 24. The fraction of sp³-hybridized carbons (Fsp3) is 1.00. The first-order valence-electron chi connectivity index (χ1n) is 49.0. The van der Waals surface area contributed by atoms with Crippen LogP contribution in [0.15, 0.2) is 0 Å². The van der Waals surface area contributed by atoms with Crippen molar-refractivity contribution in [2.45, 2.75) is 333 Å². The van der Waals surface area contributed by atoms with Gasteiger partial charge in [-0.2, -0.15) is 0 Å². The molecule has 8 saturated heterocycles. The van der Waals surface area contributed by atoms with Crippen LogP contribution in [0.3, 0.4) is 0 Å². The summed E-state index contributed by atoms with van der Waals surface area (Å²) in [6, 6.07) is 1.34. The Hall–Kier alpha value is -0.640. The summed E-state index contributed by atoms with van der Waals surface area (Å²) in [4.78, 5) is 20.1. The van der Waals surface area contributed by atoms with E-state index in [1.54, 1.807) is 0 Å². The lowest BCUT2D eigenvalue weighted by Crippen LogP contribution is -2.43. The van der Waals surface area contributed by atoms with Gasteiger partial charge in [-0.15, -0.1) is 0 Å². The molecule has 8 aliphatic heterocycles. The summed E-state index contributed by atoms with van der Waals surface area (Å²) in [6.07, 6.45) is 62.0. The van der Waals surface area contributed by atoms with Crippen LogP contribution in [0.2, 0.25) is 0 Å². The van der Waals surface area contributed by atoms with E-state index in [1.807, 2.05) is 56.9 Å². The number of likely N-dealkylation sites (tertiary alicyclic amines) is 8. The van der Waals surface area contributed by atoms with Crippen LogP contribution >= 0.6 is 0 Å². The highest BCUT2D eigenvalue weighted by atomic mass is 16.5. The van der Waals surface area contributed by atoms with Gasteiger partial charge in [-0.3, -0.25) is 0 Å². The lowest BCUT2D eigenvalue weighted by molar-refractivity contribution is 0.0129. The molecule has 24 atom stereocenters. The normalized spacial score (nSPS) is 39.1. The highest BCUT2D eigenvalue weighted by Crippen LogP contribution is 2.42. The van der Waals surface area contributed by atoms with Gasteiger partial charge in [-0.05, 0) is 396 Å². The summed E-state index contributed by atoms with van der Waals surface area (Å²) in [6.45, 7) is 19.6. The third-order valence-corrected chi connectivity index (χ3v) is 33.1. The molecule has 0 aromatic heterocycles. The monoisotopic (exact) mass is 1640 g/mol. The molecule has 16 rings (SSSR count). The molecule has 0 N–H and O–H groups in total. The lowest BCUT2D eigenvalue weighted by atomic mass is 9.88. The van der Waals surface area contributed by atoms with Crippen molar-refractivity contribution in [1.29, 1.82) is 0 Å². The van der Waals surface area contributed by atoms with Crippen molar-refractivity contribution in [1.82, 2.24) is 39.2 Å². The second-order valence-electron chi connectivity index (χ2n) is 41.7. The molecule has 0 spiro atoms. The zero-order valence-electron chi connectivity index (χ0n) is 77.7. The standard InChI is InChI=1S/2C13H25NO.6C12H23NO.2CH4/c1-14-9-12-5-3-4-11(6-7-12)8-13(14)10-15-2;1-14-9-8-11-4-3-5-12(7-6-11)13(14)10-15-2;1-13-8-7-11-5-3-10(9-13)4-6-12(11)14-2;1-13-8-7-10-3-5-11(9-13)12(14-2)6-4-10;1-13-6-5-10-3-4-11(9-13)8-12(7-10)14-2;1-13-7-6-11-5-3-4-10(9-13)8-12(11)14-2;1-13-7-6-10-4-3-5-11(9-13)12(8-10)14-2;1-13-8-10-4-3-5-11(7-6-10)12(9-13)14-2;;/h2*11-13H,3-10H2,1-2H3;6*10-12H,3-9H2,1-2H3;2*1H4. The molecule has 0 radical (unpaired) electrons. The Morgan fingerprint density at radius 3 is 1.15 bits per heavy atom. The molecule has 8 heterocycles. The number of methoxy groups -OCH3 is 8. The molecule has 684 valence electrons. The maximum atomic E-state index is 5.66. The molecule has 8 aliphatic carbocycles. The van der Waals surface area contributed by atoms with Crippen LogP contribution in [0.4, 0.5) is 0 Å². The van der Waals surface area contributed by atoms with Gasteiger partial charge < -0.3 is 77.1 Å². The molecule has 16 fully saturated rings. The third kappa shape index (κ3) is 35.3. The van der Waals surface area contributed by atoms with Crippen molar-refractivity contribution in [3.8, 4) is 0 Å². The summed E-state index contributed by atoms with van der Waals surface area (Å²) >= 11 is 0. The van der Waals surface area contributed by atoms with Gasteiger partial charge >= 0.3 is 0 Å². The van der Waals surface area contributed by atoms with Crippen molar-refractivity contribution in [3.05, 3.63) is 0 Å². The zero-order chi connectivity index (χ0) is 81.1. The van der Waals surface area contributed by atoms with E-state index in [-0.39, 0.29) is 14.9 Å². The van der Waals surface area contributed by atoms with Crippen LogP contribution in [-0.2, 0) is 37.9 Å². The molecule has 16 heteroatoms. The number of rotatable bonds is 10. The first-order valence-corrected chi connectivity index (χ1v) is 49.0. The molecular formula is C100H196N8O8. The van der Waals surface area contributed by atoms with Gasteiger partial charge in [0.15, 0.2) is 0 Å². The van der Waals surface area contributed by atoms with Crippen molar-refractivity contribution in [2.24, 2.45) is 94.7 Å². The van der Waals surface area contributed by atoms with E-state index in [2.05, 4.69) is 95.6 Å². The predicted octanol–water partition coefficient (Wildman–Crippen LogP) is 19.2. The summed E-state index contributed by atoms with van der Waals surface area (Å²) in [7, 11) is 33.1. The molecule has 24 unspecified atom stereocenters. The summed E-state index contributed by atoms with van der Waals surface area (Å²) < 4.78 is 44.6. The summed E-state index contributed by atoms with van der Waals surface area (Å²) in [5, 5.41) is 0. The Bertz CT molecular complexity index is 2440. The van der Waals surface area contributed by atoms with E-state index in [0.717, 1.165) is 114 Å². The number of hydrogen-bond donors (Lipinski definition) is 0. The van der Waals surface area contributed by atoms with Crippen LogP contribution in [0.5, 0.6) is 0 Å². The van der Waals surface area contributed by atoms with Crippen LogP contribution in [-0.4, -0.2) is 306 Å². The number of likely N-dealkylation sites (N-methyl/N-ethyl adjacent to an activating group) is 3. The highest BCUT2D eigenvalue weighted by molar-refractivity contribution is 4.91. The molecule has 16 nitrogen and oxygen atoms in total. The van der Waals surface area contributed by atoms with Crippen molar-refractivity contribution in [3.63, 3.8) is 0 Å². The van der Waals surface area contributed by atoms with Gasteiger partial charge in [0.1, 0.15) is 0 Å². The maximum absolute atomic E-state index is 5.66. The first-order chi connectivity index (χ1) is 55.3. The molecule has 16 bridgehead atoms. The molecule has 16 aliphatic rings. The minimum atomic E-state index is 0. The zero-order valence-corrected chi connectivity index (χ0v) is 77.7. The van der Waals surface area contributed by atoms with Gasteiger partial charge in [0, 0.05) is 121 Å². The van der Waals surface area contributed by atoms with E-state index in [9.17, 15) is 0 Å². The molecular weight excluding hydrogens is 1440 g/mol. The average molecular weight is 1640 g/mol. The molecule has 0 aromatic rings. The fourth-order valence-corrected chi connectivity index (χ4v) is 25.7. The highest BCUT2D eigenvalue weighted by Gasteiger charge is 2.38. The van der Waals surface area contributed by atoms with Crippen LogP contribution in [0, 0.1) is 94.7 Å². The van der Waals surface area contributed by atoms with E-state index in [0.29, 0.717) is 48.7 Å². The van der Waals surface area contributed by atoms with Crippen molar-refractivity contribution < 1.29 is 37.9 Å². The van der Waals surface area contributed by atoms with Crippen LogP contribution in [0.25, 0.3) is 0 Å². The second kappa shape index (κ2) is 56.4. The molecule has 116 heavy (non-hydrogen) atoms. The van der Waals surface area contributed by atoms with Crippen molar-refractivity contribution >= 4 is 0 Å². The minimum absolute atomic E-state index is 0. The molecule has 8 saturated carbocycles. The van der Waals surface area contributed by atoms with Crippen LogP contribution < -0.4 is 0 Å².